The normalized spacial score (nSPS) is 14.3. The molecule has 0 spiro atoms. The van der Waals surface area contributed by atoms with Gasteiger partial charge in [-0.1, -0.05) is 0 Å². The van der Waals surface area contributed by atoms with Crippen LogP contribution in [-0.4, -0.2) is 60.0 Å². The van der Waals surface area contributed by atoms with Gasteiger partial charge in [-0.3, -0.25) is 4.68 Å². The van der Waals surface area contributed by atoms with Crippen molar-refractivity contribution in [2.45, 2.75) is 38.8 Å². The second kappa shape index (κ2) is 9.76. The van der Waals surface area contributed by atoms with Gasteiger partial charge in [-0.15, -0.1) is 0 Å². The van der Waals surface area contributed by atoms with E-state index in [0.717, 1.165) is 12.1 Å². The highest BCUT2D eigenvalue weighted by Gasteiger charge is 2.24. The number of piperidine rings is 1. The molecule has 33 heavy (non-hydrogen) atoms. The van der Waals surface area contributed by atoms with Crippen molar-refractivity contribution in [2.24, 2.45) is 0 Å². The number of aromatic nitrogens is 5. The molecular weight excluding hydrogens is 436 g/mol. The number of carboxylic acid groups (broad SMARTS) is 1. The lowest BCUT2D eigenvalue weighted by atomic mass is 10.1. The van der Waals surface area contributed by atoms with Crippen LogP contribution in [0.5, 0.6) is 5.88 Å². The Labute approximate surface area is 188 Å². The van der Waals surface area contributed by atoms with Crippen LogP contribution in [0.25, 0.3) is 0 Å². The summed E-state index contributed by atoms with van der Waals surface area (Å²) in [4.78, 5) is 24.5. The summed E-state index contributed by atoms with van der Waals surface area (Å²) in [7, 11) is 0. The third-order valence-electron chi connectivity index (χ3n) is 5.49. The summed E-state index contributed by atoms with van der Waals surface area (Å²) < 4.78 is 36.8. The molecule has 4 rings (SSSR count). The summed E-state index contributed by atoms with van der Waals surface area (Å²) in [6.45, 7) is 2.84. The van der Waals surface area contributed by atoms with E-state index in [2.05, 4.69) is 25.4 Å². The second-order valence-electron chi connectivity index (χ2n) is 7.70. The van der Waals surface area contributed by atoms with Gasteiger partial charge in [0.2, 0.25) is 5.88 Å². The average Bonchev–Trinajstić information content (AvgIpc) is 3.32. The summed E-state index contributed by atoms with van der Waals surface area (Å²) in [6, 6.07) is 2.24. The van der Waals surface area contributed by atoms with E-state index in [0.29, 0.717) is 43.9 Å². The molecule has 3 heterocycles. The zero-order chi connectivity index (χ0) is 23.4. The Hall–Kier alpha value is -3.83. The van der Waals surface area contributed by atoms with Crippen molar-refractivity contribution in [3.63, 3.8) is 0 Å². The highest BCUT2D eigenvalue weighted by Crippen LogP contribution is 2.28. The van der Waals surface area contributed by atoms with E-state index >= 15 is 0 Å². The summed E-state index contributed by atoms with van der Waals surface area (Å²) in [5, 5.41) is 15.8. The van der Waals surface area contributed by atoms with Gasteiger partial charge in [0.25, 0.3) is 0 Å². The Morgan fingerprint density at radius 2 is 2.00 bits per heavy atom. The molecule has 2 aromatic heterocycles. The largest absolute Gasteiger partial charge is 0.474 e. The third-order valence-corrected chi connectivity index (χ3v) is 5.49. The number of rotatable bonds is 7. The summed E-state index contributed by atoms with van der Waals surface area (Å²) >= 11 is 0. The van der Waals surface area contributed by atoms with Crippen molar-refractivity contribution >= 4 is 17.6 Å². The number of hydrogen-bond acceptors (Lipinski definition) is 7. The van der Waals surface area contributed by atoms with Gasteiger partial charge in [-0.05, 0) is 25.0 Å². The molecule has 1 saturated heterocycles. The zero-order valence-electron chi connectivity index (χ0n) is 17.9. The topological polar surface area (TPSA) is 118 Å². The van der Waals surface area contributed by atoms with Crippen molar-refractivity contribution < 1.29 is 23.4 Å². The number of nitrogens with zero attached hydrogens (tertiary/aromatic N) is 6. The van der Waals surface area contributed by atoms with Gasteiger partial charge in [0.1, 0.15) is 42.5 Å². The first-order valence-corrected chi connectivity index (χ1v) is 10.4. The van der Waals surface area contributed by atoms with E-state index in [-0.39, 0.29) is 29.6 Å². The first-order valence-electron chi connectivity index (χ1n) is 10.4. The number of aryl methyl sites for hydroxylation is 2. The van der Waals surface area contributed by atoms with Crippen molar-refractivity contribution in [1.29, 1.82) is 0 Å². The number of likely N-dealkylation sites (tertiary alicyclic amines) is 1. The van der Waals surface area contributed by atoms with Crippen LogP contribution >= 0.6 is 0 Å². The number of benzene rings is 1. The first kappa shape index (κ1) is 22.4. The molecule has 12 heteroatoms. The van der Waals surface area contributed by atoms with E-state index in [1.807, 2.05) is 0 Å². The standard InChI is InChI=1S/C21H23F2N7O3/c1-13-19(25-11-26-20(13)33-15-3-5-29(6-4-15)21(31)32)28-18-9-16(22)14(8-17(18)23)2-7-30-12-24-10-27-30/h8-12,15H,2-7H2,1H3,(H,31,32)(H,25,26,28). The van der Waals surface area contributed by atoms with Crippen LogP contribution < -0.4 is 10.1 Å². The first-order chi connectivity index (χ1) is 15.9. The van der Waals surface area contributed by atoms with Gasteiger partial charge in [-0.25, -0.2) is 28.5 Å². The van der Waals surface area contributed by atoms with Gasteiger partial charge in [0.15, 0.2) is 0 Å². The molecule has 3 aromatic rings. The van der Waals surface area contributed by atoms with Crippen LogP contribution in [0.4, 0.5) is 25.1 Å². The Kier molecular flexibility index (Phi) is 6.61. The number of anilines is 2. The molecule has 1 aliphatic heterocycles. The van der Waals surface area contributed by atoms with Crippen molar-refractivity contribution in [3.05, 3.63) is 53.9 Å². The molecule has 0 atom stereocenters. The quantitative estimate of drug-likeness (QED) is 0.553. The predicted octanol–water partition coefficient (Wildman–Crippen LogP) is 3.16. The fraction of sp³-hybridized carbons (Fsp3) is 0.381. The van der Waals surface area contributed by atoms with Crippen LogP contribution in [0.15, 0.2) is 31.1 Å². The summed E-state index contributed by atoms with van der Waals surface area (Å²) in [5.74, 6) is -0.567. The maximum atomic E-state index is 14.7. The molecule has 174 valence electrons. The van der Waals surface area contributed by atoms with Gasteiger partial charge in [-0.2, -0.15) is 5.10 Å². The van der Waals surface area contributed by atoms with Crippen LogP contribution in [0.1, 0.15) is 24.0 Å². The molecule has 0 saturated carbocycles. The van der Waals surface area contributed by atoms with Crippen molar-refractivity contribution in [3.8, 4) is 5.88 Å². The zero-order valence-corrected chi connectivity index (χ0v) is 17.9. The Morgan fingerprint density at radius 1 is 1.21 bits per heavy atom. The van der Waals surface area contributed by atoms with Crippen LogP contribution in [-0.2, 0) is 13.0 Å². The minimum atomic E-state index is -0.947. The van der Waals surface area contributed by atoms with E-state index in [1.165, 1.54) is 23.9 Å². The number of hydrogen-bond donors (Lipinski definition) is 2. The van der Waals surface area contributed by atoms with Gasteiger partial charge < -0.3 is 20.1 Å². The Balaban J connectivity index is 1.43. The lowest BCUT2D eigenvalue weighted by Gasteiger charge is -2.30. The molecule has 0 unspecified atom stereocenters. The fourth-order valence-electron chi connectivity index (χ4n) is 3.59. The number of amides is 1. The van der Waals surface area contributed by atoms with E-state index < -0.39 is 17.7 Å². The van der Waals surface area contributed by atoms with E-state index in [1.54, 1.807) is 11.6 Å². The average molecular weight is 459 g/mol. The number of carbonyl (C=O) groups is 1. The number of ether oxygens (including phenoxy) is 1. The van der Waals surface area contributed by atoms with Crippen molar-refractivity contribution in [1.82, 2.24) is 29.6 Å². The molecule has 1 fully saturated rings. The maximum Gasteiger partial charge on any atom is 0.407 e. The molecule has 10 nitrogen and oxygen atoms in total. The minimum Gasteiger partial charge on any atom is -0.474 e. The van der Waals surface area contributed by atoms with E-state index in [9.17, 15) is 13.6 Å². The molecule has 0 bridgehead atoms. The smallest absolute Gasteiger partial charge is 0.407 e. The minimum absolute atomic E-state index is 0.0560. The molecule has 1 aromatic carbocycles. The summed E-state index contributed by atoms with van der Waals surface area (Å²) in [6.07, 6.45) is 4.36. The van der Waals surface area contributed by atoms with Crippen LogP contribution in [0, 0.1) is 18.6 Å². The molecular formula is C21H23F2N7O3. The monoisotopic (exact) mass is 459 g/mol. The molecule has 0 radical (unpaired) electrons. The number of halogens is 2. The SMILES string of the molecule is Cc1c(Nc2cc(F)c(CCn3cncn3)cc2F)ncnc1OC1CCN(C(=O)O)CC1. The van der Waals surface area contributed by atoms with Crippen molar-refractivity contribution in [2.75, 3.05) is 18.4 Å². The Morgan fingerprint density at radius 3 is 2.70 bits per heavy atom. The molecule has 1 aliphatic rings. The highest BCUT2D eigenvalue weighted by atomic mass is 19.1. The molecule has 0 aliphatic carbocycles. The lowest BCUT2D eigenvalue weighted by molar-refractivity contribution is 0.0866. The lowest BCUT2D eigenvalue weighted by Crippen LogP contribution is -2.41. The van der Waals surface area contributed by atoms with E-state index in [4.69, 9.17) is 9.84 Å². The van der Waals surface area contributed by atoms with Gasteiger partial charge in [0, 0.05) is 38.5 Å². The van der Waals surface area contributed by atoms with Gasteiger partial charge in [0.05, 0.1) is 11.3 Å². The van der Waals surface area contributed by atoms with Gasteiger partial charge >= 0.3 is 6.09 Å². The molecule has 2 N–H and O–H groups in total. The second-order valence-corrected chi connectivity index (χ2v) is 7.70. The van der Waals surface area contributed by atoms with Crippen LogP contribution in [0.3, 0.4) is 0 Å². The predicted molar refractivity (Wildman–Crippen MR) is 113 cm³/mol. The third kappa shape index (κ3) is 5.33. The maximum absolute atomic E-state index is 14.7. The summed E-state index contributed by atoms with van der Waals surface area (Å²) in [5.41, 5.74) is 0.706. The highest BCUT2D eigenvalue weighted by molar-refractivity contribution is 5.65. The number of nitrogens with one attached hydrogen (secondary N) is 1. The Bertz CT molecular complexity index is 1120. The molecule has 1 amide bonds. The van der Waals surface area contributed by atoms with Crippen LogP contribution in [0.2, 0.25) is 0 Å². The fourth-order valence-corrected chi connectivity index (χ4v) is 3.59.